The molecule has 0 unspecified atom stereocenters. The van der Waals surface area contributed by atoms with E-state index >= 15 is 0 Å². The second-order valence-electron chi connectivity index (χ2n) is 6.72. The van der Waals surface area contributed by atoms with Gasteiger partial charge >= 0.3 is 0 Å². The Morgan fingerprint density at radius 1 is 0.963 bits per heavy atom. The summed E-state index contributed by atoms with van der Waals surface area (Å²) in [5.41, 5.74) is 4.44. The van der Waals surface area contributed by atoms with Gasteiger partial charge in [0.05, 0.1) is 11.3 Å². The molecule has 2 aliphatic heterocycles. The molecule has 2 heterocycles. The predicted octanol–water partition coefficient (Wildman–Crippen LogP) is 4.49. The Hall–Kier alpha value is -3.47. The van der Waals surface area contributed by atoms with E-state index in [2.05, 4.69) is 17.4 Å². The van der Waals surface area contributed by atoms with Crippen molar-refractivity contribution >= 4 is 17.3 Å². The number of hydrogen-bond acceptors (Lipinski definition) is 4. The zero-order valence-electron chi connectivity index (χ0n) is 14.8. The molecule has 5 rings (SSSR count). The van der Waals surface area contributed by atoms with E-state index in [1.54, 1.807) is 4.90 Å². The van der Waals surface area contributed by atoms with Crippen LogP contribution in [-0.2, 0) is 0 Å². The fraction of sp³-hybridized carbons (Fsp3) is 0.136. The van der Waals surface area contributed by atoms with Crippen molar-refractivity contribution in [3.05, 3.63) is 83.4 Å². The molecule has 0 saturated heterocycles. The van der Waals surface area contributed by atoms with Gasteiger partial charge in [0.15, 0.2) is 11.5 Å². The van der Waals surface area contributed by atoms with Gasteiger partial charge in [-0.2, -0.15) is 0 Å². The summed E-state index contributed by atoms with van der Waals surface area (Å²) in [5, 5.41) is 3.51. The summed E-state index contributed by atoms with van der Waals surface area (Å²) in [6.07, 6.45) is -0.312. The molecule has 134 valence electrons. The van der Waals surface area contributed by atoms with Crippen LogP contribution < -0.4 is 19.7 Å². The minimum absolute atomic E-state index is 0.0474. The van der Waals surface area contributed by atoms with Gasteiger partial charge in [-0.3, -0.25) is 9.69 Å². The Balaban J connectivity index is 1.64. The van der Waals surface area contributed by atoms with Gasteiger partial charge in [-0.25, -0.2) is 0 Å². The zero-order valence-corrected chi connectivity index (χ0v) is 14.8. The standard InChI is InChI=1S/C22H18N2O3/c1-14-6-8-15(9-7-14)21-23-18-5-3-2-4-17(18)22(25)24(21)16-10-11-19-20(12-16)27-13-26-19/h2-12,21,23H,13H2,1H3/t21-/m1/s1. The molecule has 0 bridgehead atoms. The van der Waals surface area contributed by atoms with Crippen LogP contribution in [0.15, 0.2) is 66.7 Å². The first-order chi connectivity index (χ1) is 13.2. The lowest BCUT2D eigenvalue weighted by molar-refractivity contribution is 0.0975. The number of para-hydroxylation sites is 1. The van der Waals surface area contributed by atoms with Gasteiger partial charge in [-0.05, 0) is 36.8 Å². The smallest absolute Gasteiger partial charge is 0.262 e. The average Bonchev–Trinajstić information content (AvgIpc) is 3.16. The van der Waals surface area contributed by atoms with Crippen molar-refractivity contribution in [1.82, 2.24) is 0 Å². The summed E-state index contributed by atoms with van der Waals surface area (Å²) in [6.45, 7) is 2.25. The first kappa shape index (κ1) is 15.8. The topological polar surface area (TPSA) is 50.8 Å². The van der Waals surface area contributed by atoms with Crippen molar-refractivity contribution in [1.29, 1.82) is 0 Å². The number of nitrogens with zero attached hydrogens (tertiary/aromatic N) is 1. The number of aryl methyl sites for hydroxylation is 1. The third-order valence-electron chi connectivity index (χ3n) is 4.95. The van der Waals surface area contributed by atoms with Gasteiger partial charge < -0.3 is 14.8 Å². The minimum Gasteiger partial charge on any atom is -0.454 e. The number of anilines is 2. The number of benzene rings is 3. The van der Waals surface area contributed by atoms with Crippen molar-refractivity contribution in [2.45, 2.75) is 13.1 Å². The normalized spacial score (nSPS) is 17.4. The fourth-order valence-electron chi connectivity index (χ4n) is 3.54. The van der Waals surface area contributed by atoms with Gasteiger partial charge in [-0.15, -0.1) is 0 Å². The maximum Gasteiger partial charge on any atom is 0.262 e. The first-order valence-corrected chi connectivity index (χ1v) is 8.86. The highest BCUT2D eigenvalue weighted by atomic mass is 16.7. The van der Waals surface area contributed by atoms with E-state index in [0.717, 1.165) is 16.9 Å². The molecule has 0 spiro atoms. The van der Waals surface area contributed by atoms with Crippen LogP contribution >= 0.6 is 0 Å². The Morgan fingerprint density at radius 3 is 2.59 bits per heavy atom. The molecule has 5 heteroatoms. The average molecular weight is 358 g/mol. The van der Waals surface area contributed by atoms with Crippen LogP contribution in [0.1, 0.15) is 27.7 Å². The fourth-order valence-corrected chi connectivity index (χ4v) is 3.54. The zero-order chi connectivity index (χ0) is 18.4. The van der Waals surface area contributed by atoms with E-state index in [-0.39, 0.29) is 18.9 Å². The number of rotatable bonds is 2. The molecule has 1 N–H and O–H groups in total. The largest absolute Gasteiger partial charge is 0.454 e. The minimum atomic E-state index is -0.312. The molecule has 0 radical (unpaired) electrons. The van der Waals surface area contributed by atoms with Crippen LogP contribution in [0.4, 0.5) is 11.4 Å². The van der Waals surface area contributed by atoms with Gasteiger partial charge in [0.1, 0.15) is 6.17 Å². The van der Waals surface area contributed by atoms with Crippen molar-refractivity contribution in [3.63, 3.8) is 0 Å². The maximum absolute atomic E-state index is 13.4. The van der Waals surface area contributed by atoms with Gasteiger partial charge in [0.2, 0.25) is 6.79 Å². The van der Waals surface area contributed by atoms with Crippen LogP contribution in [-0.4, -0.2) is 12.7 Å². The van der Waals surface area contributed by atoms with E-state index in [4.69, 9.17) is 9.47 Å². The van der Waals surface area contributed by atoms with Crippen molar-refractivity contribution < 1.29 is 14.3 Å². The Labute approximate surface area is 157 Å². The number of hydrogen-bond donors (Lipinski definition) is 1. The lowest BCUT2D eigenvalue weighted by Crippen LogP contribution is -2.43. The summed E-state index contributed by atoms with van der Waals surface area (Å²) in [5.74, 6) is 1.30. The quantitative estimate of drug-likeness (QED) is 0.733. The molecule has 27 heavy (non-hydrogen) atoms. The lowest BCUT2D eigenvalue weighted by atomic mass is 10.0. The molecule has 2 aliphatic rings. The second kappa shape index (κ2) is 6.06. The highest BCUT2D eigenvalue weighted by Crippen LogP contribution is 2.41. The van der Waals surface area contributed by atoms with Gasteiger partial charge in [0, 0.05) is 11.8 Å². The summed E-state index contributed by atoms with van der Waals surface area (Å²) in [6, 6.07) is 21.4. The van der Waals surface area contributed by atoms with Crippen LogP contribution in [0.5, 0.6) is 11.5 Å². The SMILES string of the molecule is Cc1ccc([C@@H]2Nc3ccccc3C(=O)N2c2ccc3c(c2)OCO3)cc1. The molecule has 3 aromatic rings. The maximum atomic E-state index is 13.4. The van der Waals surface area contributed by atoms with Crippen LogP contribution in [0, 0.1) is 6.92 Å². The van der Waals surface area contributed by atoms with Crippen molar-refractivity contribution in [2.24, 2.45) is 0 Å². The summed E-state index contributed by atoms with van der Waals surface area (Å²) in [7, 11) is 0. The number of carbonyl (C=O) groups is 1. The predicted molar refractivity (Wildman–Crippen MR) is 103 cm³/mol. The molecular formula is C22H18N2O3. The van der Waals surface area contributed by atoms with Crippen LogP contribution in [0.2, 0.25) is 0 Å². The monoisotopic (exact) mass is 358 g/mol. The molecule has 5 nitrogen and oxygen atoms in total. The summed E-state index contributed by atoms with van der Waals surface area (Å²) >= 11 is 0. The third-order valence-corrected chi connectivity index (χ3v) is 4.95. The highest BCUT2D eigenvalue weighted by molar-refractivity contribution is 6.12. The van der Waals surface area contributed by atoms with E-state index in [9.17, 15) is 4.79 Å². The molecule has 1 atom stereocenters. The third kappa shape index (κ3) is 2.59. The Kier molecular flexibility index (Phi) is 3.53. The number of nitrogens with one attached hydrogen (secondary N) is 1. The number of ether oxygens (including phenoxy) is 2. The molecule has 1 amide bonds. The molecule has 0 aliphatic carbocycles. The van der Waals surface area contributed by atoms with Crippen LogP contribution in [0.3, 0.4) is 0 Å². The number of fused-ring (bicyclic) bond motifs is 2. The molecule has 0 saturated carbocycles. The van der Waals surface area contributed by atoms with E-state index in [1.807, 2.05) is 61.5 Å². The molecule has 0 fully saturated rings. The highest BCUT2D eigenvalue weighted by Gasteiger charge is 2.34. The lowest BCUT2D eigenvalue weighted by Gasteiger charge is -2.38. The van der Waals surface area contributed by atoms with E-state index < -0.39 is 0 Å². The molecule has 3 aromatic carbocycles. The summed E-state index contributed by atoms with van der Waals surface area (Å²) in [4.78, 5) is 15.2. The van der Waals surface area contributed by atoms with Gasteiger partial charge in [0.25, 0.3) is 5.91 Å². The van der Waals surface area contributed by atoms with E-state index in [0.29, 0.717) is 17.1 Å². The van der Waals surface area contributed by atoms with Crippen molar-refractivity contribution in [3.8, 4) is 11.5 Å². The molecular weight excluding hydrogens is 340 g/mol. The van der Waals surface area contributed by atoms with E-state index in [1.165, 1.54) is 5.56 Å². The Morgan fingerprint density at radius 2 is 1.74 bits per heavy atom. The summed E-state index contributed by atoms with van der Waals surface area (Å²) < 4.78 is 10.9. The molecule has 0 aromatic heterocycles. The number of carbonyl (C=O) groups excluding carboxylic acids is 1. The van der Waals surface area contributed by atoms with Crippen molar-refractivity contribution in [2.75, 3.05) is 17.0 Å². The Bertz CT molecular complexity index is 1030. The van der Waals surface area contributed by atoms with Crippen LogP contribution in [0.25, 0.3) is 0 Å². The second-order valence-corrected chi connectivity index (χ2v) is 6.72. The first-order valence-electron chi connectivity index (χ1n) is 8.86. The number of amides is 1. The van der Waals surface area contributed by atoms with Gasteiger partial charge in [-0.1, -0.05) is 42.0 Å².